The average molecular weight is 335 g/mol. The van der Waals surface area contributed by atoms with Gasteiger partial charge in [0.15, 0.2) is 0 Å². The summed E-state index contributed by atoms with van der Waals surface area (Å²) in [6.45, 7) is 4.23. The predicted octanol–water partition coefficient (Wildman–Crippen LogP) is 5.74. The summed E-state index contributed by atoms with van der Waals surface area (Å²) < 4.78 is 0. The van der Waals surface area contributed by atoms with Gasteiger partial charge >= 0.3 is 5.97 Å². The van der Waals surface area contributed by atoms with E-state index in [0.717, 1.165) is 5.56 Å². The van der Waals surface area contributed by atoms with Crippen molar-refractivity contribution in [3.8, 4) is 0 Å². The van der Waals surface area contributed by atoms with Crippen LogP contribution in [0.25, 0.3) is 11.6 Å². The first-order chi connectivity index (χ1) is 10.4. The Morgan fingerprint density at radius 1 is 1.05 bits per heavy atom. The van der Waals surface area contributed by atoms with Crippen LogP contribution in [-0.2, 0) is 4.79 Å². The van der Waals surface area contributed by atoms with Gasteiger partial charge in [0, 0.05) is 0 Å². The number of halogens is 2. The van der Waals surface area contributed by atoms with E-state index in [1.54, 1.807) is 24.3 Å². The molecule has 0 unspecified atom stereocenters. The van der Waals surface area contributed by atoms with Gasteiger partial charge in [0.1, 0.15) is 0 Å². The molecule has 0 aliphatic heterocycles. The van der Waals surface area contributed by atoms with Crippen molar-refractivity contribution in [3.63, 3.8) is 0 Å². The first-order valence-electron chi connectivity index (χ1n) is 6.89. The number of rotatable bonds is 4. The van der Waals surface area contributed by atoms with Crippen LogP contribution in [0.2, 0.25) is 10.0 Å². The molecule has 2 aromatic carbocycles. The third kappa shape index (κ3) is 3.90. The number of carboxylic acid groups (broad SMARTS) is 1. The fourth-order valence-electron chi connectivity index (χ4n) is 2.08. The third-order valence-electron chi connectivity index (χ3n) is 3.38. The zero-order chi connectivity index (χ0) is 16.3. The van der Waals surface area contributed by atoms with Crippen LogP contribution in [0.1, 0.15) is 36.5 Å². The minimum absolute atomic E-state index is 0.177. The fraction of sp³-hybridized carbons (Fsp3) is 0.167. The second-order valence-electron chi connectivity index (χ2n) is 5.31. The molecule has 0 aromatic heterocycles. The van der Waals surface area contributed by atoms with Gasteiger partial charge in [-0.2, -0.15) is 0 Å². The summed E-state index contributed by atoms with van der Waals surface area (Å²) in [5.74, 6) is -0.571. The Hall–Kier alpha value is -1.77. The maximum atomic E-state index is 11.5. The molecule has 0 bridgehead atoms. The second-order valence-corrected chi connectivity index (χ2v) is 6.13. The van der Waals surface area contributed by atoms with Gasteiger partial charge in [-0.1, -0.05) is 67.4 Å². The van der Waals surface area contributed by atoms with Crippen molar-refractivity contribution in [2.75, 3.05) is 0 Å². The molecule has 2 rings (SSSR count). The van der Waals surface area contributed by atoms with Crippen molar-refractivity contribution in [1.82, 2.24) is 0 Å². The Kier molecular flexibility index (Phi) is 5.28. The molecule has 2 aromatic rings. The summed E-state index contributed by atoms with van der Waals surface area (Å²) in [7, 11) is 0. The molecule has 0 heterocycles. The molecule has 1 N–H and O–H groups in total. The lowest BCUT2D eigenvalue weighted by molar-refractivity contribution is -0.130. The van der Waals surface area contributed by atoms with Crippen LogP contribution in [0, 0.1) is 0 Å². The number of carboxylic acids is 1. The minimum Gasteiger partial charge on any atom is -0.478 e. The standard InChI is InChI=1S/C18H16Cl2O2/c1-11(2)13-5-3-12(4-6-13)9-15(18(21)22)14-7-8-16(19)17(20)10-14/h3-11H,1-2H3,(H,21,22)/b15-9-. The van der Waals surface area contributed by atoms with Crippen LogP contribution in [0.5, 0.6) is 0 Å². The zero-order valence-corrected chi connectivity index (χ0v) is 13.8. The molecular weight excluding hydrogens is 319 g/mol. The van der Waals surface area contributed by atoms with Crippen molar-refractivity contribution in [3.05, 3.63) is 69.2 Å². The summed E-state index contributed by atoms with van der Waals surface area (Å²) in [6.07, 6.45) is 1.63. The van der Waals surface area contributed by atoms with Gasteiger partial charge in [-0.25, -0.2) is 4.79 Å². The highest BCUT2D eigenvalue weighted by Gasteiger charge is 2.12. The Balaban J connectivity index is 2.42. The summed E-state index contributed by atoms with van der Waals surface area (Å²) in [5, 5.41) is 10.2. The second kappa shape index (κ2) is 6.99. The Morgan fingerprint density at radius 3 is 2.18 bits per heavy atom. The zero-order valence-electron chi connectivity index (χ0n) is 12.3. The number of aliphatic carboxylic acids is 1. The normalized spacial score (nSPS) is 11.8. The topological polar surface area (TPSA) is 37.3 Å². The monoisotopic (exact) mass is 334 g/mol. The van der Waals surface area contributed by atoms with Gasteiger partial charge in [0.25, 0.3) is 0 Å². The number of benzene rings is 2. The maximum Gasteiger partial charge on any atom is 0.336 e. The number of hydrogen-bond donors (Lipinski definition) is 1. The summed E-state index contributed by atoms with van der Waals surface area (Å²) in [5.41, 5.74) is 2.74. The van der Waals surface area contributed by atoms with Gasteiger partial charge in [-0.3, -0.25) is 0 Å². The van der Waals surface area contributed by atoms with E-state index in [9.17, 15) is 9.90 Å². The smallest absolute Gasteiger partial charge is 0.336 e. The van der Waals surface area contributed by atoms with E-state index < -0.39 is 5.97 Å². The molecule has 2 nitrogen and oxygen atoms in total. The molecule has 0 radical (unpaired) electrons. The van der Waals surface area contributed by atoms with Crippen LogP contribution in [0.4, 0.5) is 0 Å². The van der Waals surface area contributed by atoms with Crippen LogP contribution < -0.4 is 0 Å². The summed E-state index contributed by atoms with van der Waals surface area (Å²) in [6, 6.07) is 12.6. The average Bonchev–Trinajstić information content (AvgIpc) is 2.48. The van der Waals surface area contributed by atoms with Crippen LogP contribution >= 0.6 is 23.2 Å². The number of carbonyl (C=O) groups is 1. The van der Waals surface area contributed by atoms with E-state index in [4.69, 9.17) is 23.2 Å². The van der Waals surface area contributed by atoms with Gasteiger partial charge in [-0.05, 0) is 40.8 Å². The van der Waals surface area contributed by atoms with Crippen LogP contribution in [0.3, 0.4) is 0 Å². The maximum absolute atomic E-state index is 11.5. The molecule has 0 saturated heterocycles. The van der Waals surface area contributed by atoms with Crippen molar-refractivity contribution in [2.45, 2.75) is 19.8 Å². The lowest BCUT2D eigenvalue weighted by atomic mass is 9.99. The number of hydrogen-bond acceptors (Lipinski definition) is 1. The highest BCUT2D eigenvalue weighted by atomic mass is 35.5. The summed E-state index contributed by atoms with van der Waals surface area (Å²) in [4.78, 5) is 11.5. The molecule has 0 amide bonds. The van der Waals surface area contributed by atoms with E-state index >= 15 is 0 Å². The molecule has 114 valence electrons. The first-order valence-corrected chi connectivity index (χ1v) is 7.64. The van der Waals surface area contributed by atoms with Crippen molar-refractivity contribution >= 4 is 40.8 Å². The minimum atomic E-state index is -1.01. The lowest BCUT2D eigenvalue weighted by Crippen LogP contribution is -1.99. The molecule has 0 saturated carbocycles. The van der Waals surface area contributed by atoms with Gasteiger partial charge in [-0.15, -0.1) is 0 Å². The largest absolute Gasteiger partial charge is 0.478 e. The van der Waals surface area contributed by atoms with Gasteiger partial charge in [0.2, 0.25) is 0 Å². The summed E-state index contributed by atoms with van der Waals surface area (Å²) >= 11 is 11.8. The molecule has 0 aliphatic rings. The van der Waals surface area contributed by atoms with Crippen LogP contribution in [-0.4, -0.2) is 11.1 Å². The molecular formula is C18H16Cl2O2. The van der Waals surface area contributed by atoms with Gasteiger partial charge in [0.05, 0.1) is 15.6 Å². The first kappa shape index (κ1) is 16.6. The van der Waals surface area contributed by atoms with E-state index in [0.29, 0.717) is 21.5 Å². The quantitative estimate of drug-likeness (QED) is 0.571. The Labute approximate surface area is 140 Å². The Bertz CT molecular complexity index is 716. The van der Waals surface area contributed by atoms with E-state index in [1.165, 1.54) is 5.56 Å². The van der Waals surface area contributed by atoms with E-state index in [-0.39, 0.29) is 5.57 Å². The van der Waals surface area contributed by atoms with Crippen molar-refractivity contribution < 1.29 is 9.90 Å². The highest BCUT2D eigenvalue weighted by molar-refractivity contribution is 6.42. The highest BCUT2D eigenvalue weighted by Crippen LogP contribution is 2.27. The molecule has 0 spiro atoms. The van der Waals surface area contributed by atoms with Gasteiger partial charge < -0.3 is 5.11 Å². The molecule has 4 heteroatoms. The van der Waals surface area contributed by atoms with Crippen LogP contribution in [0.15, 0.2) is 42.5 Å². The molecule has 22 heavy (non-hydrogen) atoms. The lowest BCUT2D eigenvalue weighted by Gasteiger charge is -2.07. The third-order valence-corrected chi connectivity index (χ3v) is 4.11. The molecule has 0 aliphatic carbocycles. The van der Waals surface area contributed by atoms with Crippen molar-refractivity contribution in [1.29, 1.82) is 0 Å². The molecule has 0 fully saturated rings. The van der Waals surface area contributed by atoms with Crippen molar-refractivity contribution in [2.24, 2.45) is 0 Å². The van der Waals surface area contributed by atoms with E-state index in [2.05, 4.69) is 13.8 Å². The Morgan fingerprint density at radius 2 is 1.68 bits per heavy atom. The molecule has 0 atom stereocenters. The fourth-order valence-corrected chi connectivity index (χ4v) is 2.37. The predicted molar refractivity (Wildman–Crippen MR) is 92.5 cm³/mol. The SMILES string of the molecule is CC(C)c1ccc(/C=C(\C(=O)O)c2ccc(Cl)c(Cl)c2)cc1. The van der Waals surface area contributed by atoms with E-state index in [1.807, 2.05) is 24.3 Å².